The van der Waals surface area contributed by atoms with Crippen molar-refractivity contribution >= 4 is 0 Å². The van der Waals surface area contributed by atoms with Crippen molar-refractivity contribution in [2.75, 3.05) is 6.54 Å². The van der Waals surface area contributed by atoms with Gasteiger partial charge in [-0.2, -0.15) is 18.3 Å². The summed E-state index contributed by atoms with van der Waals surface area (Å²) in [7, 11) is 0. The molecular weight excluding hydrogens is 259 g/mol. The number of nitrogens with zero attached hydrogens (tertiary/aromatic N) is 2. The van der Waals surface area contributed by atoms with Crippen LogP contribution in [0.1, 0.15) is 11.3 Å². The Morgan fingerprint density at radius 3 is 2.53 bits per heavy atom. The van der Waals surface area contributed by atoms with E-state index in [1.54, 1.807) is 0 Å². The van der Waals surface area contributed by atoms with Crippen LogP contribution in [0.4, 0.5) is 13.2 Å². The fourth-order valence-corrected chi connectivity index (χ4v) is 1.85. The second-order valence-electron chi connectivity index (χ2n) is 3.96. The van der Waals surface area contributed by atoms with Gasteiger partial charge in [0.05, 0.1) is 6.20 Å². The molecule has 1 aromatic heterocycles. The zero-order valence-electron chi connectivity index (χ0n) is 9.85. The summed E-state index contributed by atoms with van der Waals surface area (Å²) in [6, 6.07) is 5.72. The first-order chi connectivity index (χ1) is 8.95. The van der Waals surface area contributed by atoms with Gasteiger partial charge in [-0.25, -0.2) is 4.68 Å². The number of nitrogens with two attached hydrogens (primary N) is 1. The first kappa shape index (κ1) is 13.4. The molecule has 0 aliphatic carbocycles. The Kier molecular flexibility index (Phi) is 3.48. The van der Waals surface area contributed by atoms with Crippen molar-refractivity contribution in [2.24, 2.45) is 5.73 Å². The Bertz CT molecular complexity index is 578. The molecule has 0 aliphatic rings. The SMILES string of the molecule is NCCc1cnn(-c2ccccc2O)c1C(F)(F)F. The van der Waals surface area contributed by atoms with E-state index in [1.807, 2.05) is 0 Å². The third-order valence-corrected chi connectivity index (χ3v) is 2.64. The molecule has 0 atom stereocenters. The van der Waals surface area contributed by atoms with Crippen molar-refractivity contribution in [3.05, 3.63) is 41.7 Å². The van der Waals surface area contributed by atoms with Gasteiger partial charge in [-0.05, 0) is 25.1 Å². The van der Waals surface area contributed by atoms with Crippen LogP contribution >= 0.6 is 0 Å². The second-order valence-corrected chi connectivity index (χ2v) is 3.96. The number of hydrogen-bond acceptors (Lipinski definition) is 3. The highest BCUT2D eigenvalue weighted by molar-refractivity contribution is 5.47. The van der Waals surface area contributed by atoms with Crippen molar-refractivity contribution < 1.29 is 18.3 Å². The molecule has 1 heterocycles. The van der Waals surface area contributed by atoms with E-state index < -0.39 is 11.9 Å². The lowest BCUT2D eigenvalue weighted by Gasteiger charge is -2.13. The monoisotopic (exact) mass is 271 g/mol. The van der Waals surface area contributed by atoms with Crippen LogP contribution in [0.2, 0.25) is 0 Å². The minimum atomic E-state index is -4.57. The number of phenols is 1. The van der Waals surface area contributed by atoms with E-state index in [-0.39, 0.29) is 30.0 Å². The third-order valence-electron chi connectivity index (χ3n) is 2.64. The molecule has 0 fully saturated rings. The summed E-state index contributed by atoms with van der Waals surface area (Å²) >= 11 is 0. The zero-order chi connectivity index (χ0) is 14.0. The second kappa shape index (κ2) is 4.93. The largest absolute Gasteiger partial charge is 0.506 e. The quantitative estimate of drug-likeness (QED) is 0.898. The lowest BCUT2D eigenvalue weighted by Crippen LogP contribution is -2.17. The van der Waals surface area contributed by atoms with Crippen LogP contribution in [0.25, 0.3) is 5.69 Å². The lowest BCUT2D eigenvalue weighted by molar-refractivity contribution is -0.143. The van der Waals surface area contributed by atoms with Crippen LogP contribution in [0.15, 0.2) is 30.5 Å². The number of para-hydroxylation sites is 2. The third kappa shape index (κ3) is 2.55. The molecule has 0 saturated heterocycles. The highest BCUT2D eigenvalue weighted by Gasteiger charge is 2.38. The molecule has 0 unspecified atom stereocenters. The van der Waals surface area contributed by atoms with E-state index in [2.05, 4.69) is 5.10 Å². The van der Waals surface area contributed by atoms with E-state index in [1.165, 1.54) is 24.3 Å². The van der Waals surface area contributed by atoms with Crippen LogP contribution in [0, 0.1) is 0 Å². The maximum atomic E-state index is 13.1. The highest BCUT2D eigenvalue weighted by Crippen LogP contribution is 2.35. The smallest absolute Gasteiger partial charge is 0.433 e. The van der Waals surface area contributed by atoms with E-state index in [9.17, 15) is 18.3 Å². The zero-order valence-corrected chi connectivity index (χ0v) is 9.85. The summed E-state index contributed by atoms with van der Waals surface area (Å²) in [4.78, 5) is 0. The average molecular weight is 271 g/mol. The molecule has 1 aromatic carbocycles. The minimum Gasteiger partial charge on any atom is -0.506 e. The van der Waals surface area contributed by atoms with Crippen LogP contribution in [-0.2, 0) is 12.6 Å². The maximum absolute atomic E-state index is 13.1. The molecular formula is C12H12F3N3O. The van der Waals surface area contributed by atoms with Crippen molar-refractivity contribution in [1.29, 1.82) is 0 Å². The van der Waals surface area contributed by atoms with E-state index in [0.717, 1.165) is 6.20 Å². The van der Waals surface area contributed by atoms with E-state index in [4.69, 9.17) is 5.73 Å². The molecule has 0 aliphatic heterocycles. The van der Waals surface area contributed by atoms with Gasteiger partial charge in [0, 0.05) is 5.56 Å². The molecule has 2 rings (SSSR count). The molecule has 0 saturated carbocycles. The minimum absolute atomic E-state index is 0.0123. The average Bonchev–Trinajstić information content (AvgIpc) is 2.73. The number of benzene rings is 1. The van der Waals surface area contributed by atoms with Gasteiger partial charge in [0.2, 0.25) is 0 Å². The summed E-state index contributed by atoms with van der Waals surface area (Å²) in [5.41, 5.74) is 4.39. The van der Waals surface area contributed by atoms with E-state index >= 15 is 0 Å². The molecule has 19 heavy (non-hydrogen) atoms. The fourth-order valence-electron chi connectivity index (χ4n) is 1.85. The van der Waals surface area contributed by atoms with Crippen molar-refractivity contribution in [1.82, 2.24) is 9.78 Å². The molecule has 0 bridgehead atoms. The predicted molar refractivity (Wildman–Crippen MR) is 63.0 cm³/mol. The Morgan fingerprint density at radius 1 is 1.26 bits per heavy atom. The number of rotatable bonds is 3. The molecule has 4 nitrogen and oxygen atoms in total. The Labute approximate surface area is 107 Å². The number of aromatic hydroxyl groups is 1. The first-order valence-electron chi connectivity index (χ1n) is 5.57. The number of phenolic OH excluding ortho intramolecular Hbond substituents is 1. The molecule has 0 spiro atoms. The molecule has 102 valence electrons. The summed E-state index contributed by atoms with van der Waals surface area (Å²) in [5, 5.41) is 13.4. The molecule has 0 radical (unpaired) electrons. The first-order valence-corrected chi connectivity index (χ1v) is 5.57. The van der Waals surface area contributed by atoms with Gasteiger partial charge in [0.25, 0.3) is 0 Å². The summed E-state index contributed by atoms with van der Waals surface area (Å²) in [6.45, 7) is 0.0928. The van der Waals surface area contributed by atoms with Crippen molar-refractivity contribution in [3.63, 3.8) is 0 Å². The van der Waals surface area contributed by atoms with Crippen LogP contribution < -0.4 is 5.73 Å². The Hall–Kier alpha value is -2.02. The fraction of sp³-hybridized carbons (Fsp3) is 0.250. The normalized spacial score (nSPS) is 11.8. The van der Waals surface area contributed by atoms with Crippen molar-refractivity contribution in [3.8, 4) is 11.4 Å². The van der Waals surface area contributed by atoms with Gasteiger partial charge in [-0.1, -0.05) is 12.1 Å². The predicted octanol–water partition coefficient (Wildman–Crippen LogP) is 2.10. The molecule has 0 amide bonds. The lowest BCUT2D eigenvalue weighted by atomic mass is 10.1. The number of hydrogen-bond donors (Lipinski definition) is 2. The van der Waals surface area contributed by atoms with Gasteiger partial charge in [0.1, 0.15) is 11.4 Å². The number of halogens is 3. The van der Waals surface area contributed by atoms with Crippen LogP contribution in [0.3, 0.4) is 0 Å². The van der Waals surface area contributed by atoms with Crippen molar-refractivity contribution in [2.45, 2.75) is 12.6 Å². The van der Waals surface area contributed by atoms with Gasteiger partial charge < -0.3 is 10.8 Å². The highest BCUT2D eigenvalue weighted by atomic mass is 19.4. The summed E-state index contributed by atoms with van der Waals surface area (Å²) in [6.07, 6.45) is -3.37. The summed E-state index contributed by atoms with van der Waals surface area (Å²) < 4.78 is 40.0. The summed E-state index contributed by atoms with van der Waals surface area (Å²) in [5.74, 6) is -0.268. The van der Waals surface area contributed by atoms with Gasteiger partial charge >= 0.3 is 6.18 Å². The maximum Gasteiger partial charge on any atom is 0.433 e. The Morgan fingerprint density at radius 2 is 1.95 bits per heavy atom. The van der Waals surface area contributed by atoms with Gasteiger partial charge in [0.15, 0.2) is 5.69 Å². The topological polar surface area (TPSA) is 64.1 Å². The number of aromatic nitrogens is 2. The Balaban J connectivity index is 2.62. The standard InChI is InChI=1S/C12H12F3N3O/c13-12(14,15)11-8(5-6-16)7-17-18(11)9-3-1-2-4-10(9)19/h1-4,7,19H,5-6,16H2. The van der Waals surface area contributed by atoms with Crippen LogP contribution in [-0.4, -0.2) is 21.4 Å². The van der Waals surface area contributed by atoms with Gasteiger partial charge in [-0.3, -0.25) is 0 Å². The molecule has 3 N–H and O–H groups in total. The van der Waals surface area contributed by atoms with E-state index in [0.29, 0.717) is 4.68 Å². The number of alkyl halides is 3. The molecule has 7 heteroatoms. The van der Waals surface area contributed by atoms with Crippen LogP contribution in [0.5, 0.6) is 5.75 Å². The van der Waals surface area contributed by atoms with Gasteiger partial charge in [-0.15, -0.1) is 0 Å². The molecule has 2 aromatic rings.